The molecule has 0 atom stereocenters. The summed E-state index contributed by atoms with van der Waals surface area (Å²) >= 11 is 0. The molecule has 0 radical (unpaired) electrons. The van der Waals surface area contributed by atoms with Crippen LogP contribution in [0.3, 0.4) is 0 Å². The third-order valence-electron chi connectivity index (χ3n) is 6.36. The van der Waals surface area contributed by atoms with Gasteiger partial charge in [-0.3, -0.25) is 9.69 Å². The van der Waals surface area contributed by atoms with Crippen LogP contribution in [-0.2, 0) is 27.7 Å². The molecule has 0 bridgehead atoms. The highest BCUT2D eigenvalue weighted by Crippen LogP contribution is 2.26. The number of aryl methyl sites for hydroxylation is 2. The standard InChI is InChI=1S/C21H31N3O3S/c25-21(17-22-10-3-1-2-4-11-22)23-12-14-24(15-13-23)28(26,27)20-9-8-18-6-5-7-19(18)16-20/h8-9,16H,1-7,10-15,17H2. The molecule has 4 rings (SSSR count). The van der Waals surface area contributed by atoms with Crippen molar-refractivity contribution in [2.75, 3.05) is 45.8 Å². The number of carbonyl (C=O) groups is 1. The number of sulfonamides is 1. The van der Waals surface area contributed by atoms with Crippen LogP contribution in [0, 0.1) is 0 Å². The van der Waals surface area contributed by atoms with Crippen molar-refractivity contribution in [3.8, 4) is 0 Å². The summed E-state index contributed by atoms with van der Waals surface area (Å²) in [7, 11) is -3.48. The van der Waals surface area contributed by atoms with Crippen molar-refractivity contribution >= 4 is 15.9 Å². The predicted octanol–water partition coefficient (Wildman–Crippen LogP) is 1.88. The van der Waals surface area contributed by atoms with Gasteiger partial charge in [0.15, 0.2) is 0 Å². The molecule has 2 fully saturated rings. The molecule has 154 valence electrons. The lowest BCUT2D eigenvalue weighted by Crippen LogP contribution is -2.52. The first-order chi connectivity index (χ1) is 13.5. The molecule has 0 aromatic heterocycles. The van der Waals surface area contributed by atoms with Crippen molar-refractivity contribution in [1.29, 1.82) is 0 Å². The second kappa shape index (κ2) is 8.51. The number of hydrogen-bond acceptors (Lipinski definition) is 4. The van der Waals surface area contributed by atoms with E-state index < -0.39 is 10.0 Å². The van der Waals surface area contributed by atoms with Gasteiger partial charge in [-0.2, -0.15) is 4.31 Å². The molecule has 2 aliphatic heterocycles. The number of hydrogen-bond donors (Lipinski definition) is 0. The van der Waals surface area contributed by atoms with Crippen LogP contribution >= 0.6 is 0 Å². The van der Waals surface area contributed by atoms with Crippen LogP contribution in [0.2, 0.25) is 0 Å². The zero-order valence-electron chi connectivity index (χ0n) is 16.6. The van der Waals surface area contributed by atoms with E-state index in [0.29, 0.717) is 37.6 Å². The Morgan fingerprint density at radius 2 is 1.50 bits per heavy atom. The van der Waals surface area contributed by atoms with E-state index in [0.717, 1.165) is 32.4 Å². The molecule has 2 heterocycles. The van der Waals surface area contributed by atoms with E-state index in [2.05, 4.69) is 4.90 Å². The molecule has 1 aliphatic carbocycles. The summed E-state index contributed by atoms with van der Waals surface area (Å²) in [6.07, 6.45) is 7.97. The molecule has 1 aromatic carbocycles. The van der Waals surface area contributed by atoms with Crippen molar-refractivity contribution in [3.05, 3.63) is 29.3 Å². The van der Waals surface area contributed by atoms with E-state index in [1.165, 1.54) is 36.8 Å². The van der Waals surface area contributed by atoms with Gasteiger partial charge in [-0.15, -0.1) is 0 Å². The second-order valence-corrected chi connectivity index (χ2v) is 10.2. The zero-order valence-corrected chi connectivity index (χ0v) is 17.4. The number of nitrogens with zero attached hydrogens (tertiary/aromatic N) is 3. The lowest BCUT2D eigenvalue weighted by atomic mass is 10.1. The number of rotatable bonds is 4. The van der Waals surface area contributed by atoms with Crippen LogP contribution < -0.4 is 0 Å². The molecule has 1 amide bonds. The summed E-state index contributed by atoms with van der Waals surface area (Å²) < 4.78 is 27.6. The Morgan fingerprint density at radius 3 is 2.21 bits per heavy atom. The van der Waals surface area contributed by atoms with Crippen molar-refractivity contribution in [2.24, 2.45) is 0 Å². The summed E-state index contributed by atoms with van der Waals surface area (Å²) in [5.74, 6) is 0.136. The van der Waals surface area contributed by atoms with Gasteiger partial charge in [0.2, 0.25) is 15.9 Å². The summed E-state index contributed by atoms with van der Waals surface area (Å²) in [5, 5.41) is 0. The number of fused-ring (bicyclic) bond motifs is 1. The van der Waals surface area contributed by atoms with Crippen molar-refractivity contribution in [2.45, 2.75) is 49.8 Å². The van der Waals surface area contributed by atoms with Crippen molar-refractivity contribution < 1.29 is 13.2 Å². The van der Waals surface area contributed by atoms with E-state index >= 15 is 0 Å². The summed E-state index contributed by atoms with van der Waals surface area (Å²) in [6.45, 7) is 4.19. The maximum atomic E-state index is 13.0. The summed E-state index contributed by atoms with van der Waals surface area (Å²) in [6, 6.07) is 5.57. The van der Waals surface area contributed by atoms with Gasteiger partial charge in [-0.25, -0.2) is 8.42 Å². The molecule has 28 heavy (non-hydrogen) atoms. The molecule has 0 N–H and O–H groups in total. The largest absolute Gasteiger partial charge is 0.339 e. The Bertz CT molecular complexity index is 808. The highest BCUT2D eigenvalue weighted by molar-refractivity contribution is 7.89. The predicted molar refractivity (Wildman–Crippen MR) is 109 cm³/mol. The molecule has 3 aliphatic rings. The first-order valence-electron chi connectivity index (χ1n) is 10.7. The smallest absolute Gasteiger partial charge is 0.243 e. The Labute approximate surface area is 168 Å². The molecule has 0 unspecified atom stereocenters. The topological polar surface area (TPSA) is 60.9 Å². The number of amides is 1. The third kappa shape index (κ3) is 4.26. The van der Waals surface area contributed by atoms with E-state index in [-0.39, 0.29) is 5.91 Å². The van der Waals surface area contributed by atoms with E-state index in [9.17, 15) is 13.2 Å². The van der Waals surface area contributed by atoms with Gasteiger partial charge in [-0.05, 0) is 68.5 Å². The van der Waals surface area contributed by atoms with E-state index in [1.54, 1.807) is 10.4 Å². The van der Waals surface area contributed by atoms with Crippen molar-refractivity contribution in [1.82, 2.24) is 14.1 Å². The first-order valence-corrected chi connectivity index (χ1v) is 12.1. The SMILES string of the molecule is O=C(CN1CCCCCC1)N1CCN(S(=O)(=O)c2ccc3c(c2)CCC3)CC1. The van der Waals surface area contributed by atoms with Crippen LogP contribution in [0.4, 0.5) is 0 Å². The van der Waals surface area contributed by atoms with Gasteiger partial charge in [0, 0.05) is 26.2 Å². The molecule has 0 saturated carbocycles. The van der Waals surface area contributed by atoms with E-state index in [1.807, 2.05) is 17.0 Å². The summed E-state index contributed by atoms with van der Waals surface area (Å²) in [4.78, 5) is 17.1. The molecular weight excluding hydrogens is 374 g/mol. The quantitative estimate of drug-likeness (QED) is 0.768. The van der Waals surface area contributed by atoms with Gasteiger partial charge in [0.05, 0.1) is 11.4 Å². The first kappa shape index (κ1) is 19.9. The lowest BCUT2D eigenvalue weighted by Gasteiger charge is -2.35. The van der Waals surface area contributed by atoms with Gasteiger partial charge in [0.1, 0.15) is 0 Å². The number of piperazine rings is 1. The van der Waals surface area contributed by atoms with Crippen LogP contribution in [-0.4, -0.2) is 74.2 Å². The molecule has 1 aromatic rings. The van der Waals surface area contributed by atoms with Gasteiger partial charge < -0.3 is 4.90 Å². The molecule has 6 nitrogen and oxygen atoms in total. The van der Waals surface area contributed by atoms with Gasteiger partial charge >= 0.3 is 0 Å². The molecule has 0 spiro atoms. The number of benzene rings is 1. The normalized spacial score (nSPS) is 22.1. The zero-order chi connectivity index (χ0) is 19.6. The van der Waals surface area contributed by atoms with E-state index in [4.69, 9.17) is 0 Å². The minimum absolute atomic E-state index is 0.136. The number of likely N-dealkylation sites (tertiary alicyclic amines) is 1. The highest BCUT2D eigenvalue weighted by atomic mass is 32.2. The minimum Gasteiger partial charge on any atom is -0.339 e. The van der Waals surface area contributed by atoms with Crippen LogP contribution in [0.25, 0.3) is 0 Å². The van der Waals surface area contributed by atoms with Crippen LogP contribution in [0.5, 0.6) is 0 Å². The average molecular weight is 406 g/mol. The summed E-state index contributed by atoms with van der Waals surface area (Å²) in [5.41, 5.74) is 2.45. The van der Waals surface area contributed by atoms with Crippen LogP contribution in [0.15, 0.2) is 23.1 Å². The van der Waals surface area contributed by atoms with Gasteiger partial charge in [0.25, 0.3) is 0 Å². The fourth-order valence-corrected chi connectivity index (χ4v) is 6.09. The van der Waals surface area contributed by atoms with Gasteiger partial charge in [-0.1, -0.05) is 18.9 Å². The average Bonchev–Trinajstić information content (AvgIpc) is 3.03. The Morgan fingerprint density at radius 1 is 0.821 bits per heavy atom. The Balaban J connectivity index is 1.34. The monoisotopic (exact) mass is 405 g/mol. The van der Waals surface area contributed by atoms with Crippen molar-refractivity contribution in [3.63, 3.8) is 0 Å². The number of carbonyl (C=O) groups excluding carboxylic acids is 1. The molecule has 2 saturated heterocycles. The second-order valence-electron chi connectivity index (χ2n) is 8.26. The molecular formula is C21H31N3O3S. The Kier molecular flexibility index (Phi) is 6.04. The lowest BCUT2D eigenvalue weighted by molar-refractivity contribution is -0.133. The van der Waals surface area contributed by atoms with Crippen LogP contribution in [0.1, 0.15) is 43.2 Å². The highest BCUT2D eigenvalue weighted by Gasteiger charge is 2.31. The maximum Gasteiger partial charge on any atom is 0.243 e. The molecule has 7 heteroatoms. The fourth-order valence-electron chi connectivity index (χ4n) is 4.62. The third-order valence-corrected chi connectivity index (χ3v) is 8.25. The fraction of sp³-hybridized carbons (Fsp3) is 0.667. The Hall–Kier alpha value is -1.44. The maximum absolute atomic E-state index is 13.0. The minimum atomic E-state index is -3.48.